The van der Waals surface area contributed by atoms with Gasteiger partial charge in [0.15, 0.2) is 23.2 Å². The monoisotopic (exact) mass is 486 g/mol. The number of hydrogen-bond donors (Lipinski definition) is 1. The second-order valence-electron chi connectivity index (χ2n) is 8.65. The van der Waals surface area contributed by atoms with Crippen LogP contribution in [0.15, 0.2) is 48.5 Å². The van der Waals surface area contributed by atoms with Crippen LogP contribution in [0.5, 0.6) is 11.5 Å². The summed E-state index contributed by atoms with van der Waals surface area (Å²) in [5.74, 6) is 0.643. The predicted octanol–water partition coefficient (Wildman–Crippen LogP) is 5.15. The number of carbonyl (C=O) groups excluding carboxylic acids is 1. The van der Waals surface area contributed by atoms with Crippen molar-refractivity contribution >= 4 is 17.4 Å². The molecule has 1 amide bonds. The summed E-state index contributed by atoms with van der Waals surface area (Å²) in [6.45, 7) is 0.489. The van der Waals surface area contributed by atoms with Crippen molar-refractivity contribution in [3.05, 3.63) is 65.4 Å². The van der Waals surface area contributed by atoms with Crippen molar-refractivity contribution in [2.24, 2.45) is 0 Å². The Labute approximate surface area is 200 Å². The van der Waals surface area contributed by atoms with Crippen molar-refractivity contribution in [3.8, 4) is 11.5 Å². The van der Waals surface area contributed by atoms with Gasteiger partial charge >= 0.3 is 6.18 Å². The highest BCUT2D eigenvalue weighted by atomic mass is 19.4. The molecule has 0 spiro atoms. The standard InChI is InChI=1S/C25H25F3N4O3/c1-34-20-10-9-16(12-21(20)35-2)17-13-22(25(26,27)28)32-23(29-17)14-18(30-32)24(33)31-11-5-7-15-6-3-4-8-19(15)31/h3-4,6,8-10,12,14,17,22,29H,5,7,11,13H2,1-2H3/t17-,22+/m0/s1. The van der Waals surface area contributed by atoms with Crippen molar-refractivity contribution in [1.29, 1.82) is 0 Å². The lowest BCUT2D eigenvalue weighted by atomic mass is 9.96. The Bertz CT molecular complexity index is 1260. The van der Waals surface area contributed by atoms with Gasteiger partial charge in [-0.1, -0.05) is 24.3 Å². The number of nitrogens with one attached hydrogen (secondary N) is 1. The van der Waals surface area contributed by atoms with Crippen LogP contribution in [0.3, 0.4) is 0 Å². The molecule has 7 nitrogen and oxygen atoms in total. The number of alkyl halides is 3. The molecule has 5 rings (SSSR count). The van der Waals surface area contributed by atoms with E-state index in [-0.39, 0.29) is 17.9 Å². The van der Waals surface area contributed by atoms with Crippen molar-refractivity contribution in [2.45, 2.75) is 37.5 Å². The number of fused-ring (bicyclic) bond motifs is 2. The number of anilines is 2. The number of nitrogens with zero attached hydrogens (tertiary/aromatic N) is 3. The molecular formula is C25H25F3N4O3. The Morgan fingerprint density at radius 3 is 2.60 bits per heavy atom. The van der Waals surface area contributed by atoms with Gasteiger partial charge in [0.2, 0.25) is 0 Å². The molecular weight excluding hydrogens is 461 g/mol. The van der Waals surface area contributed by atoms with E-state index in [0.717, 1.165) is 28.8 Å². The molecule has 2 aromatic carbocycles. The number of halogens is 3. The second kappa shape index (κ2) is 8.83. The molecule has 0 radical (unpaired) electrons. The number of benzene rings is 2. The minimum Gasteiger partial charge on any atom is -0.493 e. The van der Waals surface area contributed by atoms with Gasteiger partial charge in [-0.2, -0.15) is 18.3 Å². The summed E-state index contributed by atoms with van der Waals surface area (Å²) in [7, 11) is 2.97. The van der Waals surface area contributed by atoms with E-state index in [1.807, 2.05) is 24.3 Å². The molecule has 0 fully saturated rings. The Balaban J connectivity index is 1.49. The van der Waals surface area contributed by atoms with Crippen molar-refractivity contribution < 1.29 is 27.4 Å². The highest BCUT2D eigenvalue weighted by Gasteiger charge is 2.47. The Kier molecular flexibility index (Phi) is 5.82. The van der Waals surface area contributed by atoms with E-state index in [1.165, 1.54) is 20.3 Å². The van der Waals surface area contributed by atoms with Gasteiger partial charge in [0, 0.05) is 24.7 Å². The van der Waals surface area contributed by atoms with Gasteiger partial charge in [0.05, 0.1) is 20.3 Å². The number of carbonyl (C=O) groups is 1. The van der Waals surface area contributed by atoms with Gasteiger partial charge in [-0.05, 0) is 42.2 Å². The topological polar surface area (TPSA) is 68.6 Å². The van der Waals surface area contributed by atoms with Gasteiger partial charge in [-0.15, -0.1) is 0 Å². The molecule has 2 aliphatic heterocycles. The molecule has 0 saturated carbocycles. The summed E-state index contributed by atoms with van der Waals surface area (Å²) >= 11 is 0. The van der Waals surface area contributed by atoms with Crippen molar-refractivity contribution in [3.63, 3.8) is 0 Å². The molecule has 35 heavy (non-hydrogen) atoms. The van der Waals surface area contributed by atoms with Gasteiger partial charge in [0.25, 0.3) is 5.91 Å². The summed E-state index contributed by atoms with van der Waals surface area (Å²) in [6.07, 6.45) is -3.20. The summed E-state index contributed by atoms with van der Waals surface area (Å²) in [5, 5.41) is 7.27. The fourth-order valence-corrected chi connectivity index (χ4v) is 4.85. The van der Waals surface area contributed by atoms with Crippen LogP contribution in [-0.4, -0.2) is 42.6 Å². The molecule has 0 unspecified atom stereocenters. The minimum atomic E-state index is -4.55. The molecule has 3 aromatic rings. The number of methoxy groups -OCH3 is 2. The summed E-state index contributed by atoms with van der Waals surface area (Å²) in [5.41, 5.74) is 2.41. The summed E-state index contributed by atoms with van der Waals surface area (Å²) in [4.78, 5) is 15.0. The predicted molar refractivity (Wildman–Crippen MR) is 124 cm³/mol. The van der Waals surface area contributed by atoms with Crippen LogP contribution in [-0.2, 0) is 6.42 Å². The van der Waals surface area contributed by atoms with Gasteiger partial charge in [-0.25, -0.2) is 4.68 Å². The first kappa shape index (κ1) is 23.1. The molecule has 2 aliphatic rings. The fourth-order valence-electron chi connectivity index (χ4n) is 4.85. The van der Waals surface area contributed by atoms with E-state index in [9.17, 15) is 18.0 Å². The lowest BCUT2D eigenvalue weighted by molar-refractivity contribution is -0.173. The van der Waals surface area contributed by atoms with Crippen LogP contribution < -0.4 is 19.7 Å². The molecule has 3 heterocycles. The van der Waals surface area contributed by atoms with Gasteiger partial charge < -0.3 is 19.7 Å². The third-order valence-corrected chi connectivity index (χ3v) is 6.57. The quantitative estimate of drug-likeness (QED) is 0.552. The summed E-state index contributed by atoms with van der Waals surface area (Å²) < 4.78 is 53.8. The smallest absolute Gasteiger partial charge is 0.410 e. The molecule has 2 atom stereocenters. The molecule has 10 heteroatoms. The van der Waals surface area contributed by atoms with Crippen LogP contribution in [0.25, 0.3) is 0 Å². The average molecular weight is 486 g/mol. The Morgan fingerprint density at radius 1 is 1.09 bits per heavy atom. The molecule has 1 aromatic heterocycles. The maximum absolute atomic E-state index is 14.1. The number of aromatic nitrogens is 2. The first-order chi connectivity index (χ1) is 16.8. The number of hydrogen-bond acceptors (Lipinski definition) is 5. The zero-order valence-corrected chi connectivity index (χ0v) is 19.3. The fraction of sp³-hybridized carbons (Fsp3) is 0.360. The number of para-hydroxylation sites is 1. The second-order valence-corrected chi connectivity index (χ2v) is 8.65. The van der Waals surface area contributed by atoms with E-state index >= 15 is 0 Å². The molecule has 1 N–H and O–H groups in total. The van der Waals surface area contributed by atoms with Crippen LogP contribution in [0, 0.1) is 0 Å². The van der Waals surface area contributed by atoms with E-state index in [2.05, 4.69) is 10.4 Å². The lowest BCUT2D eigenvalue weighted by Crippen LogP contribution is -2.37. The minimum absolute atomic E-state index is 0.0218. The van der Waals surface area contributed by atoms with E-state index in [0.29, 0.717) is 23.6 Å². The highest BCUT2D eigenvalue weighted by molar-refractivity contribution is 6.06. The normalized spacial score (nSPS) is 19.4. The Hall–Kier alpha value is -3.69. The first-order valence-corrected chi connectivity index (χ1v) is 11.3. The van der Waals surface area contributed by atoms with Crippen LogP contribution in [0.1, 0.15) is 46.5 Å². The number of rotatable bonds is 4. The van der Waals surface area contributed by atoms with E-state index in [4.69, 9.17) is 9.47 Å². The van der Waals surface area contributed by atoms with Crippen LogP contribution in [0.4, 0.5) is 24.7 Å². The molecule has 0 saturated heterocycles. The molecule has 184 valence electrons. The molecule has 0 bridgehead atoms. The van der Waals surface area contributed by atoms with Crippen molar-refractivity contribution in [2.75, 3.05) is 31.0 Å². The highest BCUT2D eigenvalue weighted by Crippen LogP contribution is 2.45. The third-order valence-electron chi connectivity index (χ3n) is 6.57. The number of aryl methyl sites for hydroxylation is 1. The SMILES string of the molecule is COc1ccc([C@@H]2C[C@H](C(F)(F)F)n3nc(C(=O)N4CCCc5ccccc54)cc3N2)cc1OC. The lowest BCUT2D eigenvalue weighted by Gasteiger charge is -2.33. The van der Waals surface area contributed by atoms with Crippen LogP contribution >= 0.6 is 0 Å². The Morgan fingerprint density at radius 2 is 1.86 bits per heavy atom. The van der Waals surface area contributed by atoms with Crippen LogP contribution in [0.2, 0.25) is 0 Å². The maximum Gasteiger partial charge on any atom is 0.410 e. The summed E-state index contributed by atoms with van der Waals surface area (Å²) in [6, 6.07) is 11.5. The first-order valence-electron chi connectivity index (χ1n) is 11.3. The van der Waals surface area contributed by atoms with Crippen molar-refractivity contribution in [1.82, 2.24) is 9.78 Å². The van der Waals surface area contributed by atoms with E-state index < -0.39 is 24.2 Å². The zero-order chi connectivity index (χ0) is 24.7. The average Bonchev–Trinajstić information content (AvgIpc) is 3.30. The number of ether oxygens (including phenoxy) is 2. The van der Waals surface area contributed by atoms with Gasteiger partial charge in [-0.3, -0.25) is 4.79 Å². The largest absolute Gasteiger partial charge is 0.493 e. The zero-order valence-electron chi connectivity index (χ0n) is 19.3. The molecule has 0 aliphatic carbocycles. The third kappa shape index (κ3) is 4.17. The maximum atomic E-state index is 14.1. The van der Waals surface area contributed by atoms with Gasteiger partial charge in [0.1, 0.15) is 5.82 Å². The number of amides is 1. The van der Waals surface area contributed by atoms with E-state index in [1.54, 1.807) is 23.1 Å².